The van der Waals surface area contributed by atoms with E-state index in [0.717, 1.165) is 23.7 Å². The first-order valence-corrected chi connectivity index (χ1v) is 12.3. The quantitative estimate of drug-likeness (QED) is 0.437. The number of methoxy groups -OCH3 is 2. The van der Waals surface area contributed by atoms with Crippen LogP contribution in [0.1, 0.15) is 72.1 Å². The van der Waals surface area contributed by atoms with E-state index in [9.17, 15) is 0 Å². The van der Waals surface area contributed by atoms with Gasteiger partial charge in [-0.15, -0.1) is 0 Å². The molecule has 0 bridgehead atoms. The van der Waals surface area contributed by atoms with E-state index < -0.39 is 0 Å². The molecule has 5 fully saturated rings. The zero-order chi connectivity index (χ0) is 21.1. The van der Waals surface area contributed by atoms with Crippen molar-refractivity contribution in [2.24, 2.45) is 34.5 Å². The molecule has 5 heteroatoms. The molecular formula is C25H42O5. The molecule has 0 radical (unpaired) electrons. The molecule has 5 nitrogen and oxygen atoms in total. The van der Waals surface area contributed by atoms with Gasteiger partial charge in [0.2, 0.25) is 0 Å². The molecule has 0 spiro atoms. The summed E-state index contributed by atoms with van der Waals surface area (Å²) in [5.41, 5.74) is 0.648. The van der Waals surface area contributed by atoms with E-state index in [2.05, 4.69) is 20.8 Å². The Kier molecular flexibility index (Phi) is 5.55. The SMILES string of the molecule is COCO[C@H]1CC[C@@]2(C)[C@@H](CC[C@@H]3[C@@H]2CC[C@@]2(C)[C@H]3C[C@H]3O[C@]32[C@H](C)OCOC)C1. The third-order valence-electron chi connectivity index (χ3n) is 10.6. The van der Waals surface area contributed by atoms with Crippen LogP contribution in [0.5, 0.6) is 0 Å². The van der Waals surface area contributed by atoms with Gasteiger partial charge in [-0.25, -0.2) is 0 Å². The van der Waals surface area contributed by atoms with Crippen molar-refractivity contribution < 1.29 is 23.7 Å². The van der Waals surface area contributed by atoms with Crippen molar-refractivity contribution in [3.05, 3.63) is 0 Å². The molecule has 10 atom stereocenters. The van der Waals surface area contributed by atoms with E-state index in [4.69, 9.17) is 23.7 Å². The minimum Gasteiger partial charge on any atom is -0.363 e. The average Bonchev–Trinajstić information content (AvgIpc) is 3.42. The molecule has 172 valence electrons. The summed E-state index contributed by atoms with van der Waals surface area (Å²) in [6, 6.07) is 0. The van der Waals surface area contributed by atoms with Crippen LogP contribution in [0.3, 0.4) is 0 Å². The van der Waals surface area contributed by atoms with Crippen molar-refractivity contribution in [2.45, 2.75) is 96.1 Å². The Bertz CT molecular complexity index is 641. The maximum absolute atomic E-state index is 6.43. The Morgan fingerprint density at radius 2 is 1.73 bits per heavy atom. The number of epoxide rings is 1. The summed E-state index contributed by atoms with van der Waals surface area (Å²) < 4.78 is 28.8. The highest BCUT2D eigenvalue weighted by atomic mass is 16.7. The number of hydrogen-bond donors (Lipinski definition) is 0. The molecular weight excluding hydrogens is 380 g/mol. The highest BCUT2D eigenvalue weighted by Gasteiger charge is 2.79. The van der Waals surface area contributed by atoms with E-state index in [1.54, 1.807) is 14.2 Å². The summed E-state index contributed by atoms with van der Waals surface area (Å²) >= 11 is 0. The van der Waals surface area contributed by atoms with Crippen molar-refractivity contribution >= 4 is 0 Å². The predicted octanol–water partition coefficient (Wildman–Crippen LogP) is 4.77. The van der Waals surface area contributed by atoms with Crippen molar-refractivity contribution in [2.75, 3.05) is 27.8 Å². The third kappa shape index (κ3) is 2.91. The van der Waals surface area contributed by atoms with Crippen LogP contribution >= 0.6 is 0 Å². The molecule has 1 aliphatic heterocycles. The maximum Gasteiger partial charge on any atom is 0.146 e. The summed E-state index contributed by atoms with van der Waals surface area (Å²) in [7, 11) is 3.43. The van der Waals surface area contributed by atoms with Crippen LogP contribution in [0.25, 0.3) is 0 Å². The zero-order valence-corrected chi connectivity index (χ0v) is 19.7. The molecule has 4 saturated carbocycles. The van der Waals surface area contributed by atoms with Crippen molar-refractivity contribution in [1.29, 1.82) is 0 Å². The van der Waals surface area contributed by atoms with Crippen LogP contribution in [-0.2, 0) is 23.7 Å². The molecule has 5 rings (SSSR count). The van der Waals surface area contributed by atoms with Crippen LogP contribution in [0.4, 0.5) is 0 Å². The molecule has 0 amide bonds. The lowest BCUT2D eigenvalue weighted by molar-refractivity contribution is -0.175. The first-order valence-electron chi connectivity index (χ1n) is 12.3. The lowest BCUT2D eigenvalue weighted by Crippen LogP contribution is -2.57. The predicted molar refractivity (Wildman–Crippen MR) is 114 cm³/mol. The van der Waals surface area contributed by atoms with Gasteiger partial charge in [-0.3, -0.25) is 0 Å². The molecule has 5 aliphatic rings. The zero-order valence-electron chi connectivity index (χ0n) is 19.7. The van der Waals surface area contributed by atoms with Crippen LogP contribution in [0.15, 0.2) is 0 Å². The smallest absolute Gasteiger partial charge is 0.146 e. The van der Waals surface area contributed by atoms with Crippen molar-refractivity contribution in [1.82, 2.24) is 0 Å². The van der Waals surface area contributed by atoms with E-state index in [-0.39, 0.29) is 17.1 Å². The highest BCUT2D eigenvalue weighted by Crippen LogP contribution is 2.74. The summed E-state index contributed by atoms with van der Waals surface area (Å²) in [6.45, 7) is 8.15. The lowest BCUT2D eigenvalue weighted by atomic mass is 9.44. The Morgan fingerprint density at radius 1 is 0.933 bits per heavy atom. The van der Waals surface area contributed by atoms with E-state index >= 15 is 0 Å². The monoisotopic (exact) mass is 422 g/mol. The molecule has 0 aromatic carbocycles. The molecule has 0 aromatic rings. The maximum atomic E-state index is 6.43. The van der Waals surface area contributed by atoms with Crippen LogP contribution in [0, 0.1) is 34.5 Å². The highest BCUT2D eigenvalue weighted by molar-refractivity contribution is 5.26. The van der Waals surface area contributed by atoms with Gasteiger partial charge in [-0.1, -0.05) is 13.8 Å². The van der Waals surface area contributed by atoms with Crippen LogP contribution < -0.4 is 0 Å². The van der Waals surface area contributed by atoms with Gasteiger partial charge in [0, 0.05) is 19.6 Å². The standard InChI is InChI=1S/C25H42O5/c1-16(28-14-26-4)25-22(30-25)13-21-19-7-6-17-12-18(29-15-27-5)8-10-23(17,2)20(19)9-11-24(21,25)3/h16-22H,6-15H2,1-5H3/t16-,17-,18-,19+,20-,21-,22+,23-,24-,25+/m0/s1. The summed E-state index contributed by atoms with van der Waals surface area (Å²) in [5.74, 6) is 3.31. The number of rotatable bonds is 7. The normalized spacial score (nSPS) is 52.7. The first-order chi connectivity index (χ1) is 14.4. The topological polar surface area (TPSA) is 49.5 Å². The molecule has 4 aliphatic carbocycles. The molecule has 0 aromatic heterocycles. The van der Waals surface area contributed by atoms with E-state index in [0.29, 0.717) is 31.2 Å². The molecule has 0 N–H and O–H groups in total. The molecule has 0 unspecified atom stereocenters. The largest absolute Gasteiger partial charge is 0.363 e. The second-order valence-corrected chi connectivity index (χ2v) is 11.4. The van der Waals surface area contributed by atoms with Gasteiger partial charge in [0.05, 0.1) is 18.3 Å². The van der Waals surface area contributed by atoms with Gasteiger partial charge in [0.15, 0.2) is 0 Å². The number of hydrogen-bond acceptors (Lipinski definition) is 5. The Hall–Kier alpha value is -0.200. The first kappa shape index (κ1) is 21.6. The summed E-state index contributed by atoms with van der Waals surface area (Å²) in [6.07, 6.45) is 11.2. The Labute approximate surface area is 182 Å². The van der Waals surface area contributed by atoms with Gasteiger partial charge in [0.1, 0.15) is 19.2 Å². The van der Waals surface area contributed by atoms with E-state index in [1.165, 1.54) is 51.4 Å². The van der Waals surface area contributed by atoms with Gasteiger partial charge in [-0.2, -0.15) is 0 Å². The van der Waals surface area contributed by atoms with Crippen LogP contribution in [-0.4, -0.2) is 51.7 Å². The minimum atomic E-state index is -0.0788. The van der Waals surface area contributed by atoms with Gasteiger partial charge in [0.25, 0.3) is 0 Å². The fraction of sp³-hybridized carbons (Fsp3) is 1.00. The average molecular weight is 423 g/mol. The van der Waals surface area contributed by atoms with Gasteiger partial charge < -0.3 is 23.7 Å². The van der Waals surface area contributed by atoms with Gasteiger partial charge >= 0.3 is 0 Å². The summed E-state index contributed by atoms with van der Waals surface area (Å²) in [5, 5.41) is 0. The molecule has 1 saturated heterocycles. The fourth-order valence-corrected chi connectivity index (χ4v) is 9.05. The second kappa shape index (κ2) is 7.69. The lowest BCUT2D eigenvalue weighted by Gasteiger charge is -2.61. The number of ether oxygens (including phenoxy) is 5. The number of fused-ring (bicyclic) bond motifs is 7. The summed E-state index contributed by atoms with van der Waals surface area (Å²) in [4.78, 5) is 0. The Balaban J connectivity index is 1.32. The van der Waals surface area contributed by atoms with E-state index in [1.807, 2.05) is 0 Å². The molecule has 1 heterocycles. The van der Waals surface area contributed by atoms with Crippen LogP contribution in [0.2, 0.25) is 0 Å². The molecule has 30 heavy (non-hydrogen) atoms. The minimum absolute atomic E-state index is 0.0788. The van der Waals surface area contributed by atoms with Crippen molar-refractivity contribution in [3.63, 3.8) is 0 Å². The fourth-order valence-electron chi connectivity index (χ4n) is 9.05. The third-order valence-corrected chi connectivity index (χ3v) is 10.6. The van der Waals surface area contributed by atoms with Crippen molar-refractivity contribution in [3.8, 4) is 0 Å². The van der Waals surface area contributed by atoms with Gasteiger partial charge in [-0.05, 0) is 87.4 Å². The Morgan fingerprint density at radius 3 is 2.50 bits per heavy atom. The second-order valence-electron chi connectivity index (χ2n) is 11.4.